The lowest BCUT2D eigenvalue weighted by Gasteiger charge is -2.12. The number of carbonyl (C=O) groups excluding carboxylic acids is 1. The summed E-state index contributed by atoms with van der Waals surface area (Å²) in [4.78, 5) is 19.4. The quantitative estimate of drug-likeness (QED) is 0.753. The average Bonchev–Trinajstić information content (AvgIpc) is 3.40. The number of thiazole rings is 1. The second-order valence-corrected chi connectivity index (χ2v) is 7.24. The number of hydrogen-bond acceptors (Lipinski definition) is 5. The van der Waals surface area contributed by atoms with Crippen LogP contribution in [0.4, 0.5) is 5.13 Å². The van der Waals surface area contributed by atoms with Gasteiger partial charge in [0.15, 0.2) is 10.8 Å². The van der Waals surface area contributed by atoms with Crippen molar-refractivity contribution in [3.05, 3.63) is 53.2 Å². The van der Waals surface area contributed by atoms with Crippen LogP contribution < -0.4 is 10.2 Å². The van der Waals surface area contributed by atoms with Crippen LogP contribution in [-0.4, -0.2) is 33.8 Å². The first-order valence-electron chi connectivity index (χ1n) is 8.78. The van der Waals surface area contributed by atoms with E-state index in [4.69, 9.17) is 0 Å². The summed E-state index contributed by atoms with van der Waals surface area (Å²) in [5.41, 5.74) is 3.27. The number of amides is 1. The Morgan fingerprint density at radius 3 is 2.77 bits per heavy atom. The second-order valence-electron chi connectivity index (χ2n) is 6.40. The zero-order valence-electron chi connectivity index (χ0n) is 14.7. The van der Waals surface area contributed by atoms with Gasteiger partial charge in [0.1, 0.15) is 0 Å². The number of benzene rings is 1. The molecule has 4 rings (SSSR count). The molecule has 3 aromatic rings. The van der Waals surface area contributed by atoms with Crippen LogP contribution in [-0.2, 0) is 13.6 Å². The van der Waals surface area contributed by atoms with Gasteiger partial charge in [-0.2, -0.15) is 5.10 Å². The van der Waals surface area contributed by atoms with E-state index in [1.165, 1.54) is 12.8 Å². The molecule has 1 saturated heterocycles. The van der Waals surface area contributed by atoms with Gasteiger partial charge in [-0.1, -0.05) is 30.3 Å². The minimum Gasteiger partial charge on any atom is -0.348 e. The van der Waals surface area contributed by atoms with Crippen molar-refractivity contribution in [1.29, 1.82) is 0 Å². The molecule has 0 atom stereocenters. The molecule has 1 aliphatic rings. The molecule has 0 bridgehead atoms. The number of aryl methyl sites for hydroxylation is 1. The van der Waals surface area contributed by atoms with Crippen molar-refractivity contribution in [2.45, 2.75) is 19.4 Å². The van der Waals surface area contributed by atoms with E-state index in [-0.39, 0.29) is 5.91 Å². The van der Waals surface area contributed by atoms with Crippen LogP contribution in [0.15, 0.2) is 41.8 Å². The SMILES string of the molecule is Cn1nc(C(=O)NCc2csc(N3CCCC3)n2)cc1-c1ccccc1. The Labute approximate surface area is 156 Å². The van der Waals surface area contributed by atoms with E-state index in [1.807, 2.05) is 48.8 Å². The van der Waals surface area contributed by atoms with E-state index < -0.39 is 0 Å². The lowest BCUT2D eigenvalue weighted by atomic mass is 10.1. The fourth-order valence-electron chi connectivity index (χ4n) is 3.15. The Balaban J connectivity index is 1.41. The summed E-state index contributed by atoms with van der Waals surface area (Å²) in [6.45, 7) is 2.57. The monoisotopic (exact) mass is 367 g/mol. The van der Waals surface area contributed by atoms with Gasteiger partial charge in [-0.25, -0.2) is 4.98 Å². The largest absolute Gasteiger partial charge is 0.348 e. The Kier molecular flexibility index (Phi) is 4.71. The topological polar surface area (TPSA) is 63.1 Å². The summed E-state index contributed by atoms with van der Waals surface area (Å²) in [6.07, 6.45) is 2.46. The predicted molar refractivity (Wildman–Crippen MR) is 103 cm³/mol. The number of nitrogens with one attached hydrogen (secondary N) is 1. The van der Waals surface area contributed by atoms with Gasteiger partial charge < -0.3 is 10.2 Å². The van der Waals surface area contributed by atoms with Gasteiger partial charge in [-0.15, -0.1) is 11.3 Å². The van der Waals surface area contributed by atoms with E-state index in [0.717, 1.165) is 35.2 Å². The Morgan fingerprint density at radius 1 is 1.23 bits per heavy atom. The highest BCUT2D eigenvalue weighted by Gasteiger charge is 2.17. The van der Waals surface area contributed by atoms with Crippen molar-refractivity contribution in [1.82, 2.24) is 20.1 Å². The lowest BCUT2D eigenvalue weighted by Crippen LogP contribution is -2.24. The molecule has 1 aromatic carbocycles. The van der Waals surface area contributed by atoms with Gasteiger partial charge in [0, 0.05) is 25.5 Å². The summed E-state index contributed by atoms with van der Waals surface area (Å²) < 4.78 is 1.73. The molecular formula is C19H21N5OS. The van der Waals surface area contributed by atoms with Crippen molar-refractivity contribution < 1.29 is 4.79 Å². The third kappa shape index (κ3) is 3.48. The highest BCUT2D eigenvalue weighted by Crippen LogP contribution is 2.24. The maximum Gasteiger partial charge on any atom is 0.272 e. The van der Waals surface area contributed by atoms with Gasteiger partial charge >= 0.3 is 0 Å². The molecule has 7 heteroatoms. The molecule has 1 aliphatic heterocycles. The van der Waals surface area contributed by atoms with Crippen molar-refractivity contribution in [2.75, 3.05) is 18.0 Å². The summed E-state index contributed by atoms with van der Waals surface area (Å²) in [5.74, 6) is -0.182. The summed E-state index contributed by atoms with van der Waals surface area (Å²) in [5, 5.41) is 10.3. The highest BCUT2D eigenvalue weighted by atomic mass is 32.1. The first-order valence-corrected chi connectivity index (χ1v) is 9.66. The third-order valence-corrected chi connectivity index (χ3v) is 5.48. The summed E-state index contributed by atoms with van der Waals surface area (Å²) in [7, 11) is 1.85. The van der Waals surface area contributed by atoms with Gasteiger partial charge in [-0.3, -0.25) is 9.48 Å². The number of anilines is 1. The molecule has 1 N–H and O–H groups in total. The van der Waals surface area contributed by atoms with E-state index in [2.05, 4.69) is 20.3 Å². The smallest absolute Gasteiger partial charge is 0.272 e. The first-order chi connectivity index (χ1) is 12.7. The van der Waals surface area contributed by atoms with E-state index in [9.17, 15) is 4.79 Å². The van der Waals surface area contributed by atoms with Gasteiger partial charge in [0.2, 0.25) is 0 Å². The predicted octanol–water partition coefficient (Wildman–Crippen LogP) is 3.07. The minimum atomic E-state index is -0.182. The molecule has 0 saturated carbocycles. The van der Waals surface area contributed by atoms with Gasteiger partial charge in [0.05, 0.1) is 17.9 Å². The van der Waals surface area contributed by atoms with Crippen LogP contribution in [0.2, 0.25) is 0 Å². The molecule has 1 fully saturated rings. The minimum absolute atomic E-state index is 0.182. The van der Waals surface area contributed by atoms with E-state index in [1.54, 1.807) is 16.0 Å². The molecule has 1 amide bonds. The van der Waals surface area contributed by atoms with Crippen LogP contribution in [0.5, 0.6) is 0 Å². The lowest BCUT2D eigenvalue weighted by molar-refractivity contribution is 0.0944. The van der Waals surface area contributed by atoms with Gasteiger partial charge in [0.25, 0.3) is 5.91 Å². The summed E-state index contributed by atoms with van der Waals surface area (Å²) in [6, 6.07) is 11.8. The normalized spacial score (nSPS) is 14.0. The molecule has 2 aromatic heterocycles. The van der Waals surface area contributed by atoms with E-state index >= 15 is 0 Å². The highest BCUT2D eigenvalue weighted by molar-refractivity contribution is 7.13. The van der Waals surface area contributed by atoms with Crippen LogP contribution in [0.1, 0.15) is 29.0 Å². The number of carbonyl (C=O) groups is 1. The van der Waals surface area contributed by atoms with Crippen molar-refractivity contribution in [3.8, 4) is 11.3 Å². The second kappa shape index (κ2) is 7.29. The molecule has 0 unspecified atom stereocenters. The van der Waals surface area contributed by atoms with Crippen LogP contribution >= 0.6 is 11.3 Å². The molecule has 0 radical (unpaired) electrons. The van der Waals surface area contributed by atoms with Crippen LogP contribution in [0.3, 0.4) is 0 Å². The molecule has 6 nitrogen and oxygen atoms in total. The molecule has 0 aliphatic carbocycles. The zero-order valence-corrected chi connectivity index (χ0v) is 15.5. The number of aromatic nitrogens is 3. The Morgan fingerprint density at radius 2 is 2.00 bits per heavy atom. The fraction of sp³-hybridized carbons (Fsp3) is 0.316. The van der Waals surface area contributed by atoms with E-state index in [0.29, 0.717) is 12.2 Å². The van der Waals surface area contributed by atoms with Crippen molar-refractivity contribution in [3.63, 3.8) is 0 Å². The Bertz CT molecular complexity index is 896. The Hall–Kier alpha value is -2.67. The van der Waals surface area contributed by atoms with Crippen LogP contribution in [0, 0.1) is 0 Å². The zero-order chi connectivity index (χ0) is 17.9. The van der Waals surface area contributed by atoms with Crippen molar-refractivity contribution >= 4 is 22.4 Å². The standard InChI is InChI=1S/C19H21N5OS/c1-23-17(14-7-3-2-4-8-14)11-16(22-23)18(25)20-12-15-13-26-19(21-15)24-9-5-6-10-24/h2-4,7-8,11,13H,5-6,9-10,12H2,1H3,(H,20,25). The molecule has 134 valence electrons. The maximum atomic E-state index is 12.5. The first kappa shape index (κ1) is 16.8. The average molecular weight is 367 g/mol. The molecule has 3 heterocycles. The number of hydrogen-bond donors (Lipinski definition) is 1. The van der Waals surface area contributed by atoms with Crippen LogP contribution in [0.25, 0.3) is 11.3 Å². The molecule has 0 spiro atoms. The maximum absolute atomic E-state index is 12.5. The fourth-order valence-corrected chi connectivity index (χ4v) is 4.03. The molecular weight excluding hydrogens is 346 g/mol. The summed E-state index contributed by atoms with van der Waals surface area (Å²) >= 11 is 1.64. The van der Waals surface area contributed by atoms with Gasteiger partial charge in [-0.05, 0) is 24.5 Å². The van der Waals surface area contributed by atoms with Crippen molar-refractivity contribution in [2.24, 2.45) is 7.05 Å². The molecule has 26 heavy (non-hydrogen) atoms. The third-order valence-electron chi connectivity index (χ3n) is 4.53. The number of rotatable bonds is 5. The number of nitrogens with zero attached hydrogens (tertiary/aromatic N) is 4.